The molecule has 16 heavy (non-hydrogen) atoms. The van der Waals surface area contributed by atoms with Gasteiger partial charge < -0.3 is 0 Å². The summed E-state index contributed by atoms with van der Waals surface area (Å²) in [5.41, 5.74) is 3.47. The third-order valence-corrected chi connectivity index (χ3v) is 4.34. The number of hydrogen-bond donors (Lipinski definition) is 0. The topological polar surface area (TPSA) is 30.0 Å². The number of nitrogens with zero attached hydrogens (tertiary/aromatic N) is 1. The molecule has 2 nitrogen and oxygen atoms in total. The van der Waals surface area contributed by atoms with Crippen LogP contribution in [0.15, 0.2) is 12.3 Å². The minimum absolute atomic E-state index is 0.227. The maximum Gasteiger partial charge on any atom is 0.168 e. The number of hydrogen-bond acceptors (Lipinski definition) is 2. The van der Waals surface area contributed by atoms with Gasteiger partial charge in [0, 0.05) is 6.20 Å². The summed E-state index contributed by atoms with van der Waals surface area (Å²) in [6.45, 7) is 6.80. The van der Waals surface area contributed by atoms with Crippen molar-refractivity contribution in [1.29, 1.82) is 0 Å². The highest BCUT2D eigenvalue weighted by Gasteiger charge is 2.40. The van der Waals surface area contributed by atoms with Crippen molar-refractivity contribution in [2.45, 2.75) is 45.4 Å². The first-order chi connectivity index (χ1) is 7.65. The molecule has 0 N–H and O–H groups in total. The second-order valence-electron chi connectivity index (χ2n) is 4.96. The first-order valence-corrected chi connectivity index (χ1v) is 6.10. The van der Waals surface area contributed by atoms with E-state index in [1.807, 2.05) is 12.3 Å². The molecule has 1 aromatic heterocycles. The first kappa shape index (κ1) is 11.3. The predicted molar refractivity (Wildman–Crippen MR) is 64.8 cm³/mol. The quantitative estimate of drug-likeness (QED) is 0.728. The zero-order valence-corrected chi connectivity index (χ0v) is 10.3. The number of aromatic nitrogens is 1. The largest absolute Gasteiger partial charge is 0.296 e. The summed E-state index contributed by atoms with van der Waals surface area (Å²) in [5.74, 6) is 0.691. The Morgan fingerprint density at radius 1 is 1.56 bits per heavy atom. The van der Waals surface area contributed by atoms with Crippen molar-refractivity contribution in [1.82, 2.24) is 4.98 Å². The molecule has 0 amide bonds. The summed E-state index contributed by atoms with van der Waals surface area (Å²) in [5, 5.41) is 0. The van der Waals surface area contributed by atoms with Crippen LogP contribution in [0.5, 0.6) is 0 Å². The van der Waals surface area contributed by atoms with Gasteiger partial charge in [-0.15, -0.1) is 0 Å². The Kier molecular flexibility index (Phi) is 2.83. The molecule has 0 fully saturated rings. The van der Waals surface area contributed by atoms with E-state index in [0.29, 0.717) is 11.6 Å². The Labute approximate surface area is 97.1 Å². The average Bonchev–Trinajstić information content (AvgIpc) is 2.62. The second-order valence-corrected chi connectivity index (χ2v) is 4.96. The number of rotatable bonds is 3. The van der Waals surface area contributed by atoms with Gasteiger partial charge in [-0.1, -0.05) is 27.2 Å². The fourth-order valence-electron chi connectivity index (χ4n) is 3.04. The zero-order chi connectivity index (χ0) is 11.8. The summed E-state index contributed by atoms with van der Waals surface area (Å²) in [4.78, 5) is 15.0. The van der Waals surface area contributed by atoms with Crippen LogP contribution in [0.2, 0.25) is 0 Å². The highest BCUT2D eigenvalue weighted by Crippen LogP contribution is 2.46. The molecule has 0 saturated heterocycles. The molecule has 2 heteroatoms. The SMILES string of the molecule is CCC1Cc2cnc(C=O)cc2C1(C)CC. The molecule has 1 heterocycles. The van der Waals surface area contributed by atoms with E-state index >= 15 is 0 Å². The Morgan fingerprint density at radius 2 is 2.31 bits per heavy atom. The molecule has 0 spiro atoms. The van der Waals surface area contributed by atoms with Crippen molar-refractivity contribution < 1.29 is 4.79 Å². The van der Waals surface area contributed by atoms with Gasteiger partial charge in [0.2, 0.25) is 0 Å². The van der Waals surface area contributed by atoms with Crippen LogP contribution in [0.1, 0.15) is 55.2 Å². The first-order valence-electron chi connectivity index (χ1n) is 6.10. The molecule has 2 unspecified atom stereocenters. The van der Waals surface area contributed by atoms with E-state index in [9.17, 15) is 4.79 Å². The van der Waals surface area contributed by atoms with Crippen LogP contribution in [0.3, 0.4) is 0 Å². The normalized spacial score (nSPS) is 27.8. The fourth-order valence-corrected chi connectivity index (χ4v) is 3.04. The molecule has 0 saturated carbocycles. The smallest absolute Gasteiger partial charge is 0.168 e. The Bertz CT molecular complexity index is 413. The lowest BCUT2D eigenvalue weighted by atomic mass is 9.73. The number of carbonyl (C=O) groups excluding carboxylic acids is 1. The summed E-state index contributed by atoms with van der Waals surface area (Å²) in [6.07, 6.45) is 6.16. The molecule has 0 radical (unpaired) electrons. The molecule has 1 aromatic rings. The number of aldehydes is 1. The minimum atomic E-state index is 0.227. The van der Waals surface area contributed by atoms with Crippen LogP contribution >= 0.6 is 0 Å². The van der Waals surface area contributed by atoms with Gasteiger partial charge in [0.25, 0.3) is 0 Å². The van der Waals surface area contributed by atoms with Gasteiger partial charge in [0.1, 0.15) is 5.69 Å². The molecule has 0 bridgehead atoms. The van der Waals surface area contributed by atoms with E-state index in [2.05, 4.69) is 25.8 Å². The van der Waals surface area contributed by atoms with Crippen molar-refractivity contribution in [2.75, 3.05) is 0 Å². The summed E-state index contributed by atoms with van der Waals surface area (Å²) >= 11 is 0. The van der Waals surface area contributed by atoms with Crippen LogP contribution < -0.4 is 0 Å². The van der Waals surface area contributed by atoms with Crippen LogP contribution in [-0.4, -0.2) is 11.3 Å². The zero-order valence-electron chi connectivity index (χ0n) is 10.3. The van der Waals surface area contributed by atoms with E-state index in [-0.39, 0.29) is 5.41 Å². The molecule has 2 rings (SSSR count). The summed E-state index contributed by atoms with van der Waals surface area (Å²) in [7, 11) is 0. The van der Waals surface area contributed by atoms with E-state index < -0.39 is 0 Å². The van der Waals surface area contributed by atoms with Gasteiger partial charge in [-0.3, -0.25) is 9.78 Å². The number of carbonyl (C=O) groups is 1. The van der Waals surface area contributed by atoms with E-state index in [1.165, 1.54) is 17.5 Å². The minimum Gasteiger partial charge on any atom is -0.296 e. The predicted octanol–water partition coefficient (Wildman–Crippen LogP) is 3.14. The highest BCUT2D eigenvalue weighted by atomic mass is 16.1. The number of fused-ring (bicyclic) bond motifs is 1. The van der Waals surface area contributed by atoms with Gasteiger partial charge >= 0.3 is 0 Å². The third-order valence-electron chi connectivity index (χ3n) is 4.34. The van der Waals surface area contributed by atoms with Crippen molar-refractivity contribution in [3.63, 3.8) is 0 Å². The molecular weight excluding hydrogens is 198 g/mol. The lowest BCUT2D eigenvalue weighted by Gasteiger charge is -2.31. The Hall–Kier alpha value is -1.18. The second kappa shape index (κ2) is 4.00. The van der Waals surface area contributed by atoms with Gasteiger partial charge in [-0.2, -0.15) is 0 Å². The molecule has 86 valence electrons. The van der Waals surface area contributed by atoms with Gasteiger partial charge in [-0.05, 0) is 41.4 Å². The van der Waals surface area contributed by atoms with E-state index in [1.54, 1.807) is 0 Å². The lowest BCUT2D eigenvalue weighted by molar-refractivity contribution is 0.111. The van der Waals surface area contributed by atoms with E-state index in [4.69, 9.17) is 0 Å². The van der Waals surface area contributed by atoms with Crippen LogP contribution in [-0.2, 0) is 11.8 Å². The van der Waals surface area contributed by atoms with Gasteiger partial charge in [-0.25, -0.2) is 0 Å². The average molecular weight is 217 g/mol. The molecular formula is C14H19NO. The molecule has 2 atom stereocenters. The molecule has 0 aliphatic heterocycles. The maximum absolute atomic E-state index is 10.8. The van der Waals surface area contributed by atoms with Crippen LogP contribution in [0, 0.1) is 5.92 Å². The highest BCUT2D eigenvalue weighted by molar-refractivity contribution is 5.72. The molecule has 0 aromatic carbocycles. The van der Waals surface area contributed by atoms with Crippen LogP contribution in [0.4, 0.5) is 0 Å². The van der Waals surface area contributed by atoms with Crippen molar-refractivity contribution in [2.24, 2.45) is 5.92 Å². The van der Waals surface area contributed by atoms with Crippen molar-refractivity contribution in [3.8, 4) is 0 Å². The molecule has 1 aliphatic rings. The van der Waals surface area contributed by atoms with Crippen LogP contribution in [0.25, 0.3) is 0 Å². The van der Waals surface area contributed by atoms with Crippen molar-refractivity contribution >= 4 is 6.29 Å². The molecule has 1 aliphatic carbocycles. The van der Waals surface area contributed by atoms with Gasteiger partial charge in [0.15, 0.2) is 6.29 Å². The summed E-state index contributed by atoms with van der Waals surface area (Å²) < 4.78 is 0. The summed E-state index contributed by atoms with van der Waals surface area (Å²) in [6, 6.07) is 1.99. The number of pyridine rings is 1. The van der Waals surface area contributed by atoms with Gasteiger partial charge in [0.05, 0.1) is 0 Å². The lowest BCUT2D eigenvalue weighted by Crippen LogP contribution is -2.26. The third kappa shape index (κ3) is 1.48. The van der Waals surface area contributed by atoms with Crippen molar-refractivity contribution in [3.05, 3.63) is 29.1 Å². The maximum atomic E-state index is 10.8. The monoisotopic (exact) mass is 217 g/mol. The Balaban J connectivity index is 2.52. The standard InChI is InChI=1S/C14H19NO/c1-4-11-6-10-8-15-12(9-16)7-13(10)14(11,3)5-2/h7-9,11H,4-6H2,1-3H3. The Morgan fingerprint density at radius 3 is 2.88 bits per heavy atom. The van der Waals surface area contributed by atoms with E-state index in [0.717, 1.165) is 19.1 Å². The fraction of sp³-hybridized carbons (Fsp3) is 0.571.